The van der Waals surface area contributed by atoms with E-state index in [0.29, 0.717) is 5.92 Å². The fourth-order valence-corrected chi connectivity index (χ4v) is 3.85. The first-order valence-electron chi connectivity index (χ1n) is 8.95. The molecule has 0 saturated carbocycles. The van der Waals surface area contributed by atoms with E-state index in [1.807, 2.05) is 0 Å². The maximum absolute atomic E-state index is 6.12. The fourth-order valence-electron chi connectivity index (χ4n) is 3.85. The van der Waals surface area contributed by atoms with Crippen molar-refractivity contribution in [3.63, 3.8) is 0 Å². The van der Waals surface area contributed by atoms with Crippen LogP contribution in [-0.4, -0.2) is 13.1 Å². The van der Waals surface area contributed by atoms with Gasteiger partial charge in [-0.1, -0.05) is 61.7 Å². The Morgan fingerprint density at radius 2 is 1.61 bits per heavy atom. The lowest BCUT2D eigenvalue weighted by atomic mass is 9.87. The lowest BCUT2D eigenvalue weighted by Gasteiger charge is -2.19. The van der Waals surface area contributed by atoms with Crippen LogP contribution in [0.3, 0.4) is 0 Å². The van der Waals surface area contributed by atoms with E-state index in [1.165, 1.54) is 53.5 Å². The summed E-state index contributed by atoms with van der Waals surface area (Å²) >= 11 is 0. The van der Waals surface area contributed by atoms with E-state index in [1.54, 1.807) is 0 Å². The summed E-state index contributed by atoms with van der Waals surface area (Å²) in [6.45, 7) is 1.55. The van der Waals surface area contributed by atoms with Gasteiger partial charge in [-0.15, -0.1) is 0 Å². The van der Waals surface area contributed by atoms with Crippen LogP contribution in [0.15, 0.2) is 42.5 Å². The molecular formula is C21H28N2. The number of hydrogen-bond donors (Lipinski definition) is 2. The summed E-state index contributed by atoms with van der Waals surface area (Å²) in [5.74, 6) is 0.483. The SMILES string of the molecule is NCCCCCCC(CN)c1cccc2c1Cc1ccccc1-2. The summed E-state index contributed by atoms with van der Waals surface area (Å²) in [4.78, 5) is 0. The normalized spacial score (nSPS) is 13.7. The molecular weight excluding hydrogens is 280 g/mol. The highest BCUT2D eigenvalue weighted by molar-refractivity contribution is 5.78. The molecule has 0 heterocycles. The molecule has 0 fully saturated rings. The van der Waals surface area contributed by atoms with Crippen molar-refractivity contribution >= 4 is 0 Å². The van der Waals surface area contributed by atoms with Crippen molar-refractivity contribution in [2.75, 3.05) is 13.1 Å². The van der Waals surface area contributed by atoms with E-state index >= 15 is 0 Å². The second-order valence-electron chi connectivity index (χ2n) is 6.63. The molecule has 2 heteroatoms. The molecule has 1 aliphatic carbocycles. The Morgan fingerprint density at radius 1 is 0.826 bits per heavy atom. The first kappa shape index (κ1) is 16.2. The van der Waals surface area contributed by atoms with Gasteiger partial charge >= 0.3 is 0 Å². The van der Waals surface area contributed by atoms with E-state index in [9.17, 15) is 0 Å². The molecule has 0 saturated heterocycles. The van der Waals surface area contributed by atoms with Crippen LogP contribution in [0.2, 0.25) is 0 Å². The lowest BCUT2D eigenvalue weighted by Crippen LogP contribution is -2.14. The minimum Gasteiger partial charge on any atom is -0.330 e. The third kappa shape index (κ3) is 3.49. The van der Waals surface area contributed by atoms with Crippen molar-refractivity contribution in [3.8, 4) is 11.1 Å². The van der Waals surface area contributed by atoms with Gasteiger partial charge in [0.25, 0.3) is 0 Å². The van der Waals surface area contributed by atoms with E-state index in [0.717, 1.165) is 25.9 Å². The Labute approximate surface area is 139 Å². The number of nitrogens with two attached hydrogens (primary N) is 2. The Kier molecular flexibility index (Phi) is 5.47. The van der Waals surface area contributed by atoms with Crippen LogP contribution in [0.4, 0.5) is 0 Å². The largest absolute Gasteiger partial charge is 0.330 e. The van der Waals surface area contributed by atoms with Gasteiger partial charge in [-0.05, 0) is 66.1 Å². The van der Waals surface area contributed by atoms with Gasteiger partial charge in [-0.3, -0.25) is 0 Å². The molecule has 1 atom stereocenters. The fraction of sp³-hybridized carbons (Fsp3) is 0.429. The number of hydrogen-bond acceptors (Lipinski definition) is 2. The lowest BCUT2D eigenvalue weighted by molar-refractivity contribution is 0.552. The predicted molar refractivity (Wildman–Crippen MR) is 98.6 cm³/mol. The van der Waals surface area contributed by atoms with Gasteiger partial charge in [0.15, 0.2) is 0 Å². The highest BCUT2D eigenvalue weighted by Crippen LogP contribution is 2.40. The topological polar surface area (TPSA) is 52.0 Å². The molecule has 0 aromatic heterocycles. The van der Waals surface area contributed by atoms with Gasteiger partial charge < -0.3 is 11.5 Å². The summed E-state index contributed by atoms with van der Waals surface area (Å²) in [6, 6.07) is 15.5. The van der Waals surface area contributed by atoms with Crippen molar-refractivity contribution in [1.82, 2.24) is 0 Å². The number of fused-ring (bicyclic) bond motifs is 3. The van der Waals surface area contributed by atoms with Crippen molar-refractivity contribution in [1.29, 1.82) is 0 Å². The minimum absolute atomic E-state index is 0.483. The van der Waals surface area contributed by atoms with Gasteiger partial charge in [-0.25, -0.2) is 0 Å². The van der Waals surface area contributed by atoms with Gasteiger partial charge in [0.05, 0.1) is 0 Å². The van der Waals surface area contributed by atoms with Crippen molar-refractivity contribution in [2.45, 2.75) is 44.4 Å². The maximum Gasteiger partial charge on any atom is -0.000813 e. The van der Waals surface area contributed by atoms with Crippen molar-refractivity contribution in [3.05, 3.63) is 59.2 Å². The van der Waals surface area contributed by atoms with Crippen LogP contribution in [0.25, 0.3) is 11.1 Å². The smallest absolute Gasteiger partial charge is 0.000813 e. The Hall–Kier alpha value is -1.64. The number of benzene rings is 2. The average molecular weight is 308 g/mol. The molecule has 23 heavy (non-hydrogen) atoms. The first-order chi connectivity index (χ1) is 11.3. The average Bonchev–Trinajstić information content (AvgIpc) is 2.97. The van der Waals surface area contributed by atoms with E-state index < -0.39 is 0 Å². The molecule has 0 aliphatic heterocycles. The molecule has 1 unspecified atom stereocenters. The monoisotopic (exact) mass is 308 g/mol. The summed E-state index contributed by atoms with van der Waals surface area (Å²) in [7, 11) is 0. The molecule has 2 aromatic rings. The van der Waals surface area contributed by atoms with E-state index in [-0.39, 0.29) is 0 Å². The molecule has 4 N–H and O–H groups in total. The van der Waals surface area contributed by atoms with Gasteiger partial charge in [0.1, 0.15) is 0 Å². The highest BCUT2D eigenvalue weighted by Gasteiger charge is 2.23. The third-order valence-electron chi connectivity index (χ3n) is 5.12. The molecule has 0 bridgehead atoms. The van der Waals surface area contributed by atoms with Crippen LogP contribution in [-0.2, 0) is 6.42 Å². The van der Waals surface area contributed by atoms with Crippen LogP contribution in [0.5, 0.6) is 0 Å². The van der Waals surface area contributed by atoms with Crippen LogP contribution >= 0.6 is 0 Å². The molecule has 1 aliphatic rings. The van der Waals surface area contributed by atoms with Gasteiger partial charge in [0.2, 0.25) is 0 Å². The summed E-state index contributed by atoms with van der Waals surface area (Å²) in [5.41, 5.74) is 18.9. The molecule has 0 spiro atoms. The highest BCUT2D eigenvalue weighted by atomic mass is 14.5. The summed E-state index contributed by atoms with van der Waals surface area (Å²) in [5, 5.41) is 0. The Bertz CT molecular complexity index is 648. The summed E-state index contributed by atoms with van der Waals surface area (Å²) < 4.78 is 0. The molecule has 122 valence electrons. The Balaban J connectivity index is 1.75. The second-order valence-corrected chi connectivity index (χ2v) is 6.63. The Morgan fingerprint density at radius 3 is 2.43 bits per heavy atom. The molecule has 3 rings (SSSR count). The van der Waals surface area contributed by atoms with Crippen molar-refractivity contribution < 1.29 is 0 Å². The van der Waals surface area contributed by atoms with Crippen LogP contribution in [0.1, 0.15) is 54.7 Å². The standard InChI is InChI=1S/C21H28N2/c22-13-6-2-1-3-9-17(15-23)19-11-7-12-20-18-10-5-4-8-16(18)14-21(19)20/h4-5,7-8,10-12,17H,1-3,6,9,13-15,22-23H2. The van der Waals surface area contributed by atoms with Crippen molar-refractivity contribution in [2.24, 2.45) is 11.5 Å². The zero-order chi connectivity index (χ0) is 16.1. The van der Waals surface area contributed by atoms with Gasteiger partial charge in [0, 0.05) is 0 Å². The number of unbranched alkanes of at least 4 members (excludes halogenated alkanes) is 3. The van der Waals surface area contributed by atoms with Crippen LogP contribution < -0.4 is 11.5 Å². The molecule has 2 aromatic carbocycles. The zero-order valence-corrected chi connectivity index (χ0v) is 13.9. The third-order valence-corrected chi connectivity index (χ3v) is 5.12. The zero-order valence-electron chi connectivity index (χ0n) is 13.9. The van der Waals surface area contributed by atoms with Crippen LogP contribution in [0, 0.1) is 0 Å². The minimum atomic E-state index is 0.483. The second kappa shape index (κ2) is 7.76. The van der Waals surface area contributed by atoms with E-state index in [4.69, 9.17) is 11.5 Å². The molecule has 2 nitrogen and oxygen atoms in total. The quantitative estimate of drug-likeness (QED) is 0.612. The van der Waals surface area contributed by atoms with Gasteiger partial charge in [-0.2, -0.15) is 0 Å². The predicted octanol–water partition coefficient (Wildman–Crippen LogP) is 4.21. The summed E-state index contributed by atoms with van der Waals surface area (Å²) in [6.07, 6.45) is 7.15. The van der Waals surface area contributed by atoms with E-state index in [2.05, 4.69) is 42.5 Å². The first-order valence-corrected chi connectivity index (χ1v) is 8.95. The molecule has 0 radical (unpaired) electrons. The molecule has 0 amide bonds. The number of rotatable bonds is 8. The maximum atomic E-state index is 6.12.